The van der Waals surface area contributed by atoms with Crippen LogP contribution in [0, 0.1) is 5.92 Å². The third-order valence-corrected chi connectivity index (χ3v) is 8.39. The number of aromatic nitrogens is 2. The largest absolute Gasteiger partial charge is 0.371 e. The van der Waals surface area contributed by atoms with E-state index in [1.165, 1.54) is 12.8 Å². The Hall–Kier alpha value is -2.82. The zero-order valence-corrected chi connectivity index (χ0v) is 20.2. The highest BCUT2D eigenvalue weighted by atomic mass is 32.2. The van der Waals surface area contributed by atoms with Gasteiger partial charge in [0.25, 0.3) is 15.9 Å². The number of nitrogens with zero attached hydrogens (tertiary/aromatic N) is 3. The molecule has 3 aromatic rings. The molecule has 1 amide bonds. The third-order valence-electron chi connectivity index (χ3n) is 5.64. The second-order valence-corrected chi connectivity index (χ2v) is 11.2. The topological polar surface area (TPSA) is 104 Å². The third kappa shape index (κ3) is 5.76. The van der Waals surface area contributed by atoms with Crippen LogP contribution in [0.15, 0.2) is 58.9 Å². The Morgan fingerprint density at radius 2 is 1.85 bits per heavy atom. The first-order valence-electron chi connectivity index (χ1n) is 10.9. The molecular weight excluding hydrogens is 458 g/mol. The van der Waals surface area contributed by atoms with Gasteiger partial charge >= 0.3 is 0 Å². The number of nitrogens with one attached hydrogen (secondary N) is 2. The van der Waals surface area contributed by atoms with Gasteiger partial charge in [0.15, 0.2) is 0 Å². The highest BCUT2D eigenvalue weighted by Gasteiger charge is 2.24. The van der Waals surface area contributed by atoms with Crippen LogP contribution in [0.2, 0.25) is 0 Å². The van der Waals surface area contributed by atoms with Gasteiger partial charge < -0.3 is 4.90 Å². The molecular formula is C23H27N5O3S2. The highest BCUT2D eigenvalue weighted by molar-refractivity contribution is 7.91. The van der Waals surface area contributed by atoms with Crippen LogP contribution in [-0.4, -0.2) is 37.6 Å². The summed E-state index contributed by atoms with van der Waals surface area (Å²) in [7, 11) is -3.89. The van der Waals surface area contributed by atoms with Crippen molar-refractivity contribution in [3.8, 4) is 0 Å². The number of piperidine rings is 1. The van der Waals surface area contributed by atoms with Crippen LogP contribution in [-0.2, 0) is 10.0 Å². The molecule has 174 valence electrons. The van der Waals surface area contributed by atoms with Crippen LogP contribution in [0.1, 0.15) is 48.7 Å². The first-order valence-corrected chi connectivity index (χ1v) is 13.2. The van der Waals surface area contributed by atoms with E-state index in [1.54, 1.807) is 37.3 Å². The Bertz CT molecular complexity index is 1200. The van der Waals surface area contributed by atoms with E-state index in [0.717, 1.165) is 35.7 Å². The van der Waals surface area contributed by atoms with E-state index in [0.29, 0.717) is 11.5 Å². The fourth-order valence-electron chi connectivity index (χ4n) is 3.88. The van der Waals surface area contributed by atoms with Crippen molar-refractivity contribution in [2.75, 3.05) is 23.3 Å². The first kappa shape index (κ1) is 23.3. The van der Waals surface area contributed by atoms with Crippen molar-refractivity contribution in [3.05, 3.63) is 65.7 Å². The minimum absolute atomic E-state index is 0.122. The van der Waals surface area contributed by atoms with Gasteiger partial charge in [-0.15, -0.1) is 10.2 Å². The molecule has 0 unspecified atom stereocenters. The zero-order valence-electron chi connectivity index (χ0n) is 18.6. The number of carbonyl (C=O) groups is 1. The first-order chi connectivity index (χ1) is 15.8. The van der Waals surface area contributed by atoms with E-state index in [9.17, 15) is 13.2 Å². The molecule has 2 aromatic carbocycles. The molecule has 0 spiro atoms. The van der Waals surface area contributed by atoms with Gasteiger partial charge in [0, 0.05) is 30.4 Å². The molecule has 0 saturated carbocycles. The van der Waals surface area contributed by atoms with Crippen LogP contribution in [0.25, 0.3) is 0 Å². The molecule has 0 radical (unpaired) electrons. The van der Waals surface area contributed by atoms with Gasteiger partial charge in [-0.3, -0.25) is 10.1 Å². The zero-order chi connectivity index (χ0) is 23.4. The second kappa shape index (κ2) is 9.98. The predicted molar refractivity (Wildman–Crippen MR) is 130 cm³/mol. The van der Waals surface area contributed by atoms with Crippen molar-refractivity contribution in [2.24, 2.45) is 5.92 Å². The van der Waals surface area contributed by atoms with Crippen LogP contribution in [0.4, 0.5) is 10.8 Å². The van der Waals surface area contributed by atoms with Crippen molar-refractivity contribution < 1.29 is 13.2 Å². The minimum Gasteiger partial charge on any atom is -0.371 e. The number of amides is 1. The van der Waals surface area contributed by atoms with Crippen molar-refractivity contribution in [2.45, 2.75) is 37.1 Å². The molecule has 2 heterocycles. The molecule has 10 heteroatoms. The number of carbonyl (C=O) groups excluding carboxylic acids is 1. The summed E-state index contributed by atoms with van der Waals surface area (Å²) in [5.41, 5.74) is 2.46. The van der Waals surface area contributed by atoms with Gasteiger partial charge in [0.2, 0.25) is 9.47 Å². The van der Waals surface area contributed by atoms with Gasteiger partial charge in [-0.2, -0.15) is 0 Å². The molecule has 1 aromatic heterocycles. The molecule has 33 heavy (non-hydrogen) atoms. The number of hydrogen-bond acceptors (Lipinski definition) is 7. The highest BCUT2D eigenvalue weighted by Crippen LogP contribution is 2.26. The number of anilines is 2. The summed E-state index contributed by atoms with van der Waals surface area (Å²) < 4.78 is 28.1. The Kier molecular flexibility index (Phi) is 7.06. The number of sulfonamides is 1. The normalized spacial score (nSPS) is 17.5. The molecule has 4 rings (SSSR count). The SMILES string of the molecule is C[C@@H]1CCCN(c2ccc([C@H](C)NS(=O)(=O)c3nnc(NC(=O)c4ccccc4)s3)cc2)C1. The molecule has 1 aliphatic heterocycles. The summed E-state index contributed by atoms with van der Waals surface area (Å²) in [6, 6.07) is 16.2. The fraction of sp³-hybridized carbons (Fsp3) is 0.348. The lowest BCUT2D eigenvalue weighted by Gasteiger charge is -2.33. The average molecular weight is 486 g/mol. The van der Waals surface area contributed by atoms with E-state index >= 15 is 0 Å². The van der Waals surface area contributed by atoms with E-state index in [2.05, 4.69) is 32.1 Å². The molecule has 2 atom stereocenters. The van der Waals surface area contributed by atoms with Crippen LogP contribution in [0.5, 0.6) is 0 Å². The maximum Gasteiger partial charge on any atom is 0.270 e. The van der Waals surface area contributed by atoms with Crippen molar-refractivity contribution in [3.63, 3.8) is 0 Å². The van der Waals surface area contributed by atoms with E-state index < -0.39 is 16.1 Å². The minimum atomic E-state index is -3.89. The standard InChI is InChI=1S/C23H27N5O3S2/c1-16-7-6-14-28(15-16)20-12-10-18(11-13-20)17(2)27-33(30,31)23-26-25-22(32-23)24-21(29)19-8-4-3-5-9-19/h3-5,8-13,16-17,27H,6-7,14-15H2,1-2H3,(H,24,25,29)/t16-,17+/m1/s1. The molecule has 0 bridgehead atoms. The average Bonchev–Trinajstić information content (AvgIpc) is 3.29. The van der Waals surface area contributed by atoms with E-state index in [4.69, 9.17) is 0 Å². The van der Waals surface area contributed by atoms with Crippen LogP contribution >= 0.6 is 11.3 Å². The summed E-state index contributed by atoms with van der Waals surface area (Å²) in [5.74, 6) is 0.304. The van der Waals surface area contributed by atoms with Gasteiger partial charge in [0.1, 0.15) is 0 Å². The van der Waals surface area contributed by atoms with Crippen LogP contribution in [0.3, 0.4) is 0 Å². The van der Waals surface area contributed by atoms with E-state index in [1.807, 2.05) is 24.3 Å². The lowest BCUT2D eigenvalue weighted by Crippen LogP contribution is -2.34. The maximum atomic E-state index is 12.8. The van der Waals surface area contributed by atoms with Gasteiger partial charge in [-0.05, 0) is 55.5 Å². The lowest BCUT2D eigenvalue weighted by atomic mass is 9.99. The molecule has 2 N–H and O–H groups in total. The van der Waals surface area contributed by atoms with Gasteiger partial charge in [-0.25, -0.2) is 13.1 Å². The number of benzene rings is 2. The second-order valence-electron chi connectivity index (χ2n) is 8.32. The fourth-order valence-corrected chi connectivity index (χ4v) is 6.02. The summed E-state index contributed by atoms with van der Waals surface area (Å²) in [6.45, 7) is 6.14. The van der Waals surface area contributed by atoms with Crippen molar-refractivity contribution in [1.82, 2.24) is 14.9 Å². The van der Waals surface area contributed by atoms with Gasteiger partial charge in [0.05, 0.1) is 0 Å². The molecule has 1 fully saturated rings. The monoisotopic (exact) mass is 485 g/mol. The van der Waals surface area contributed by atoms with Gasteiger partial charge in [-0.1, -0.05) is 48.6 Å². The summed E-state index contributed by atoms with van der Waals surface area (Å²) in [6.07, 6.45) is 2.45. The Morgan fingerprint density at radius 3 is 2.55 bits per heavy atom. The quantitative estimate of drug-likeness (QED) is 0.489. The van der Waals surface area contributed by atoms with Crippen molar-refractivity contribution >= 4 is 38.1 Å². The summed E-state index contributed by atoms with van der Waals surface area (Å²) in [5, 5.41) is 10.3. The molecule has 8 nitrogen and oxygen atoms in total. The maximum absolute atomic E-state index is 12.8. The number of hydrogen-bond donors (Lipinski definition) is 2. The molecule has 0 aliphatic carbocycles. The molecule has 1 aliphatic rings. The summed E-state index contributed by atoms with van der Waals surface area (Å²) >= 11 is 0.810. The summed E-state index contributed by atoms with van der Waals surface area (Å²) in [4.78, 5) is 14.6. The lowest BCUT2D eigenvalue weighted by molar-refractivity contribution is 0.102. The Morgan fingerprint density at radius 1 is 1.12 bits per heavy atom. The Balaban J connectivity index is 1.39. The molecule has 1 saturated heterocycles. The Labute approximate surface area is 198 Å². The van der Waals surface area contributed by atoms with Crippen LogP contribution < -0.4 is 14.9 Å². The predicted octanol–water partition coefficient (Wildman–Crippen LogP) is 4.07. The van der Waals surface area contributed by atoms with E-state index in [-0.39, 0.29) is 15.4 Å². The van der Waals surface area contributed by atoms with Crippen molar-refractivity contribution in [1.29, 1.82) is 0 Å². The smallest absolute Gasteiger partial charge is 0.270 e. The number of rotatable bonds is 7.